The Kier molecular flexibility index (Phi) is 9.23. The Morgan fingerprint density at radius 3 is 2.50 bits per heavy atom. The predicted molar refractivity (Wildman–Crippen MR) is 150 cm³/mol. The molecule has 208 valence electrons. The summed E-state index contributed by atoms with van der Waals surface area (Å²) in [5.41, 5.74) is 4.58. The average Bonchev–Trinajstić information content (AvgIpc) is 3.49. The number of carbonyl (C=O) groups is 2. The second-order valence-corrected chi connectivity index (χ2v) is 12.6. The van der Waals surface area contributed by atoms with E-state index in [9.17, 15) is 14.7 Å². The smallest absolute Gasteiger partial charge is 0.243 e. The van der Waals surface area contributed by atoms with Crippen LogP contribution in [0.5, 0.6) is 0 Å². The van der Waals surface area contributed by atoms with Crippen molar-refractivity contribution in [1.82, 2.24) is 20.5 Å². The molecule has 1 aromatic carbocycles. The standard InChI is InChI=1S/C29H42N4O4S/c1-18(21-6-8-22(9-7-21)25-19(2)31-17-38-25)32-27(35)24-14-23(34)16-33(24)28(36)26(29(3,4)5)30-15-20-10-12-37-13-11-20/h6-9,17-18,20,23-24,26,30,34H,10-16H2,1-5H3,(H,32,35)/t18-,23+,24-,26+/m0/s1. The Bertz CT molecular complexity index is 1090. The predicted octanol–water partition coefficient (Wildman–Crippen LogP) is 3.69. The fraction of sp³-hybridized carbons (Fsp3) is 0.621. The van der Waals surface area contributed by atoms with Crippen LogP contribution in [0.2, 0.25) is 0 Å². The lowest BCUT2D eigenvalue weighted by Crippen LogP contribution is -2.57. The Morgan fingerprint density at radius 1 is 1.21 bits per heavy atom. The summed E-state index contributed by atoms with van der Waals surface area (Å²) < 4.78 is 5.47. The van der Waals surface area contributed by atoms with Crippen LogP contribution in [0.25, 0.3) is 10.4 Å². The zero-order chi connectivity index (χ0) is 27.4. The molecular formula is C29H42N4O4S. The molecule has 2 amide bonds. The number of aryl methyl sites for hydroxylation is 1. The number of ether oxygens (including phenoxy) is 1. The normalized spacial score (nSPS) is 22.3. The Labute approximate surface area is 230 Å². The molecule has 0 aliphatic carbocycles. The number of amides is 2. The van der Waals surface area contributed by atoms with Gasteiger partial charge in [0.1, 0.15) is 6.04 Å². The van der Waals surface area contributed by atoms with Crippen LogP contribution in [0.15, 0.2) is 29.8 Å². The molecule has 4 rings (SSSR count). The highest BCUT2D eigenvalue weighted by molar-refractivity contribution is 7.13. The summed E-state index contributed by atoms with van der Waals surface area (Å²) in [6.07, 6.45) is 1.48. The van der Waals surface area contributed by atoms with E-state index in [1.807, 2.05) is 64.4 Å². The first-order valence-electron chi connectivity index (χ1n) is 13.6. The molecule has 3 heterocycles. The molecule has 0 unspecified atom stereocenters. The molecule has 3 N–H and O–H groups in total. The van der Waals surface area contributed by atoms with E-state index in [0.717, 1.165) is 54.3 Å². The summed E-state index contributed by atoms with van der Waals surface area (Å²) in [4.78, 5) is 34.3. The van der Waals surface area contributed by atoms with Gasteiger partial charge in [-0.05, 0) is 55.7 Å². The zero-order valence-corrected chi connectivity index (χ0v) is 24.0. The van der Waals surface area contributed by atoms with E-state index in [1.165, 1.54) is 0 Å². The summed E-state index contributed by atoms with van der Waals surface area (Å²) in [5.74, 6) is 0.108. The van der Waals surface area contributed by atoms with E-state index in [-0.39, 0.29) is 36.2 Å². The molecule has 2 fully saturated rings. The quantitative estimate of drug-likeness (QED) is 0.470. The minimum absolute atomic E-state index is 0.127. The maximum atomic E-state index is 13.8. The highest BCUT2D eigenvalue weighted by atomic mass is 32.1. The van der Waals surface area contributed by atoms with Gasteiger partial charge in [0.05, 0.1) is 34.3 Å². The highest BCUT2D eigenvalue weighted by Crippen LogP contribution is 2.29. The van der Waals surface area contributed by atoms with Gasteiger partial charge in [0.15, 0.2) is 0 Å². The number of hydrogen-bond donors (Lipinski definition) is 3. The first-order chi connectivity index (χ1) is 18.0. The molecule has 0 saturated carbocycles. The van der Waals surface area contributed by atoms with Crippen molar-refractivity contribution in [3.8, 4) is 10.4 Å². The molecule has 4 atom stereocenters. The lowest BCUT2D eigenvalue weighted by atomic mass is 9.85. The number of likely N-dealkylation sites (tertiary alicyclic amines) is 1. The van der Waals surface area contributed by atoms with Crippen molar-refractivity contribution in [2.24, 2.45) is 11.3 Å². The maximum absolute atomic E-state index is 13.8. The van der Waals surface area contributed by atoms with Crippen molar-refractivity contribution < 1.29 is 19.4 Å². The molecular weight excluding hydrogens is 500 g/mol. The van der Waals surface area contributed by atoms with E-state index in [1.54, 1.807) is 16.2 Å². The molecule has 2 saturated heterocycles. The van der Waals surface area contributed by atoms with E-state index in [0.29, 0.717) is 5.92 Å². The van der Waals surface area contributed by atoms with Gasteiger partial charge in [0.2, 0.25) is 11.8 Å². The summed E-state index contributed by atoms with van der Waals surface area (Å²) in [5, 5.41) is 17.1. The number of benzene rings is 1. The third kappa shape index (κ3) is 6.81. The van der Waals surface area contributed by atoms with Crippen LogP contribution in [0, 0.1) is 18.3 Å². The van der Waals surface area contributed by atoms with Crippen molar-refractivity contribution in [3.63, 3.8) is 0 Å². The van der Waals surface area contributed by atoms with Gasteiger partial charge < -0.3 is 25.4 Å². The van der Waals surface area contributed by atoms with Crippen molar-refractivity contribution in [2.45, 2.75) is 78.1 Å². The zero-order valence-electron chi connectivity index (χ0n) is 23.2. The monoisotopic (exact) mass is 542 g/mol. The van der Waals surface area contributed by atoms with E-state index < -0.39 is 18.2 Å². The fourth-order valence-corrected chi connectivity index (χ4v) is 6.18. The fourth-order valence-electron chi connectivity index (χ4n) is 5.37. The van der Waals surface area contributed by atoms with E-state index in [4.69, 9.17) is 4.74 Å². The summed E-state index contributed by atoms with van der Waals surface area (Å²) in [6.45, 7) is 12.5. The molecule has 9 heteroatoms. The molecule has 8 nitrogen and oxygen atoms in total. The molecule has 2 aliphatic rings. The Balaban J connectivity index is 1.42. The lowest BCUT2D eigenvalue weighted by molar-refractivity contribution is -0.142. The summed E-state index contributed by atoms with van der Waals surface area (Å²) >= 11 is 1.61. The Hall–Kier alpha value is -2.33. The minimum Gasteiger partial charge on any atom is -0.391 e. The van der Waals surface area contributed by atoms with Crippen molar-refractivity contribution in [2.75, 3.05) is 26.3 Å². The van der Waals surface area contributed by atoms with Crippen LogP contribution in [-0.4, -0.2) is 71.3 Å². The molecule has 0 spiro atoms. The summed E-state index contributed by atoms with van der Waals surface area (Å²) in [6, 6.07) is 6.74. The number of aliphatic hydroxyl groups excluding tert-OH is 1. The number of nitrogens with one attached hydrogen (secondary N) is 2. The number of rotatable bonds is 8. The van der Waals surface area contributed by atoms with Gasteiger partial charge in [-0.2, -0.15) is 0 Å². The second kappa shape index (κ2) is 12.2. The van der Waals surface area contributed by atoms with Crippen LogP contribution in [0.1, 0.15) is 64.3 Å². The van der Waals surface area contributed by atoms with Crippen molar-refractivity contribution in [3.05, 3.63) is 41.0 Å². The molecule has 1 aromatic heterocycles. The van der Waals surface area contributed by atoms with Crippen LogP contribution in [0.4, 0.5) is 0 Å². The van der Waals surface area contributed by atoms with Crippen LogP contribution in [-0.2, 0) is 14.3 Å². The third-order valence-corrected chi connectivity index (χ3v) is 8.68. The van der Waals surface area contributed by atoms with Gasteiger partial charge in [-0.25, -0.2) is 4.98 Å². The third-order valence-electron chi connectivity index (χ3n) is 7.71. The second-order valence-electron chi connectivity index (χ2n) is 11.8. The number of hydrogen-bond acceptors (Lipinski definition) is 7. The van der Waals surface area contributed by atoms with Gasteiger partial charge in [-0.3, -0.25) is 9.59 Å². The number of β-amino-alcohol motifs (C(OH)–C–C–N with tert-alkyl or cyclic N) is 1. The number of aromatic nitrogens is 1. The minimum atomic E-state index is -0.719. The van der Waals surface area contributed by atoms with Gasteiger partial charge in [-0.15, -0.1) is 11.3 Å². The topological polar surface area (TPSA) is 104 Å². The van der Waals surface area contributed by atoms with Gasteiger partial charge in [0, 0.05) is 26.2 Å². The van der Waals surface area contributed by atoms with Crippen molar-refractivity contribution in [1.29, 1.82) is 0 Å². The van der Waals surface area contributed by atoms with Crippen LogP contribution < -0.4 is 10.6 Å². The number of carbonyl (C=O) groups excluding carboxylic acids is 2. The van der Waals surface area contributed by atoms with Gasteiger partial charge in [0.25, 0.3) is 0 Å². The van der Waals surface area contributed by atoms with Crippen molar-refractivity contribution >= 4 is 23.2 Å². The number of nitrogens with zero attached hydrogens (tertiary/aromatic N) is 2. The van der Waals surface area contributed by atoms with Crippen LogP contribution in [0.3, 0.4) is 0 Å². The maximum Gasteiger partial charge on any atom is 0.243 e. The van der Waals surface area contributed by atoms with E-state index in [2.05, 4.69) is 15.6 Å². The van der Waals surface area contributed by atoms with Gasteiger partial charge >= 0.3 is 0 Å². The Morgan fingerprint density at radius 2 is 1.89 bits per heavy atom. The van der Waals surface area contributed by atoms with Gasteiger partial charge in [-0.1, -0.05) is 45.0 Å². The first-order valence-corrected chi connectivity index (χ1v) is 14.5. The highest BCUT2D eigenvalue weighted by Gasteiger charge is 2.44. The van der Waals surface area contributed by atoms with E-state index >= 15 is 0 Å². The molecule has 38 heavy (non-hydrogen) atoms. The number of thiazole rings is 1. The SMILES string of the molecule is Cc1ncsc1-c1ccc([C@H](C)NC(=O)[C@@H]2C[C@@H](O)CN2C(=O)[C@@H](NCC2CCOCC2)C(C)(C)C)cc1. The largest absolute Gasteiger partial charge is 0.391 e. The molecule has 2 aliphatic heterocycles. The summed E-state index contributed by atoms with van der Waals surface area (Å²) in [7, 11) is 0. The lowest BCUT2D eigenvalue weighted by Gasteiger charge is -2.37. The molecule has 2 aromatic rings. The molecule has 0 bridgehead atoms. The number of aliphatic hydroxyl groups is 1. The first kappa shape index (κ1) is 28.7. The molecule has 0 radical (unpaired) electrons. The average molecular weight is 543 g/mol. The van der Waals surface area contributed by atoms with Crippen LogP contribution >= 0.6 is 11.3 Å².